The fraction of sp³-hybridized carbons (Fsp3) is 0.455. The molecule has 0 aromatic heterocycles. The molecule has 1 aromatic carbocycles. The second kappa shape index (κ2) is 6.53. The molecule has 84 valence electrons. The van der Waals surface area contributed by atoms with Crippen LogP contribution in [-0.2, 0) is 4.74 Å². The van der Waals surface area contributed by atoms with Crippen LogP contribution in [0.3, 0.4) is 0 Å². The van der Waals surface area contributed by atoms with Crippen LogP contribution in [0.4, 0.5) is 5.69 Å². The average Bonchev–Trinajstić information content (AvgIpc) is 2.70. The second-order valence-corrected chi connectivity index (χ2v) is 4.56. The van der Waals surface area contributed by atoms with Gasteiger partial charge in [0.05, 0.1) is 16.8 Å². The number of thiol groups is 1. The second-order valence-electron chi connectivity index (χ2n) is 3.70. The van der Waals surface area contributed by atoms with E-state index in [0.717, 1.165) is 35.1 Å². The fourth-order valence-corrected chi connectivity index (χ4v) is 2.34. The number of anilines is 1. The Hall–Kier alpha value is 0.620. The number of halogens is 1. The minimum atomic E-state index is 0. The van der Waals surface area contributed by atoms with Gasteiger partial charge in [0, 0.05) is 25.1 Å². The molecular weight excluding hydrogens is 253 g/mol. The molecule has 0 saturated carbocycles. The van der Waals surface area contributed by atoms with Gasteiger partial charge >= 0.3 is 29.6 Å². The van der Waals surface area contributed by atoms with Crippen molar-refractivity contribution in [1.82, 2.24) is 0 Å². The van der Waals surface area contributed by atoms with E-state index >= 15 is 0 Å². The van der Waals surface area contributed by atoms with E-state index in [1.54, 1.807) is 7.11 Å². The molecule has 0 N–H and O–H groups in total. The van der Waals surface area contributed by atoms with Gasteiger partial charge in [0.15, 0.2) is 0 Å². The van der Waals surface area contributed by atoms with E-state index in [0.29, 0.717) is 6.10 Å². The predicted octanol–water partition coefficient (Wildman–Crippen LogP) is 2.21. The average molecular weight is 268 g/mol. The maximum absolute atomic E-state index is 6.21. The van der Waals surface area contributed by atoms with Gasteiger partial charge < -0.3 is 9.64 Å². The Kier molecular flexibility index (Phi) is 5.99. The Morgan fingerprint density at radius 3 is 2.88 bits per heavy atom. The van der Waals surface area contributed by atoms with Crippen molar-refractivity contribution in [3.63, 3.8) is 0 Å². The monoisotopic (exact) mass is 267 g/mol. The first-order valence-corrected chi connectivity index (χ1v) is 5.80. The van der Waals surface area contributed by atoms with Crippen molar-refractivity contribution >= 4 is 59.5 Å². The van der Waals surface area contributed by atoms with E-state index < -0.39 is 0 Å². The van der Waals surface area contributed by atoms with Gasteiger partial charge in [-0.2, -0.15) is 0 Å². The van der Waals surface area contributed by atoms with Crippen LogP contribution in [0.5, 0.6) is 0 Å². The van der Waals surface area contributed by atoms with Gasteiger partial charge in [-0.05, 0) is 18.6 Å². The third-order valence-corrected chi connectivity index (χ3v) is 3.68. The first-order valence-electron chi connectivity index (χ1n) is 4.97. The number of hydrogen-bond acceptors (Lipinski definition) is 3. The number of benzene rings is 1. The summed E-state index contributed by atoms with van der Waals surface area (Å²) in [4.78, 5) is 3.07. The van der Waals surface area contributed by atoms with Gasteiger partial charge in [0.1, 0.15) is 0 Å². The zero-order valence-electron chi connectivity index (χ0n) is 8.61. The van der Waals surface area contributed by atoms with Crippen LogP contribution in [0, 0.1) is 0 Å². The molecule has 1 fully saturated rings. The summed E-state index contributed by atoms with van der Waals surface area (Å²) in [5.41, 5.74) is 1.06. The van der Waals surface area contributed by atoms with Crippen molar-refractivity contribution in [3.8, 4) is 0 Å². The standard InChI is InChI=1S/C11H14ClNOS.Na.H/c1-14-8-5-6-13(7-8)9-3-2-4-10(15)11(9)12;;/h2-4,8,15H,5-7H2,1H3;;/t8-;;/m0../s1. The predicted molar refractivity (Wildman–Crippen MR) is 73.5 cm³/mol. The molecule has 0 aliphatic carbocycles. The van der Waals surface area contributed by atoms with E-state index in [1.165, 1.54) is 0 Å². The first-order chi connectivity index (χ1) is 7.22. The van der Waals surface area contributed by atoms with Crippen LogP contribution in [0.25, 0.3) is 0 Å². The van der Waals surface area contributed by atoms with E-state index in [2.05, 4.69) is 17.5 Å². The van der Waals surface area contributed by atoms with Crippen LogP contribution in [0.15, 0.2) is 23.1 Å². The summed E-state index contributed by atoms with van der Waals surface area (Å²) in [6.45, 7) is 1.91. The molecular formula is C11H15ClNNaOS. The molecule has 0 amide bonds. The molecule has 0 unspecified atom stereocenters. The molecule has 1 aliphatic rings. The van der Waals surface area contributed by atoms with Crippen molar-refractivity contribution in [2.75, 3.05) is 25.1 Å². The third-order valence-electron chi connectivity index (χ3n) is 2.78. The van der Waals surface area contributed by atoms with E-state index in [4.69, 9.17) is 16.3 Å². The van der Waals surface area contributed by atoms with Gasteiger partial charge in [0.2, 0.25) is 0 Å². The SMILES string of the molecule is CO[C@H]1CCN(c2cccc(S)c2Cl)C1.[NaH]. The summed E-state index contributed by atoms with van der Waals surface area (Å²) in [7, 11) is 1.75. The van der Waals surface area contributed by atoms with Crippen molar-refractivity contribution in [1.29, 1.82) is 0 Å². The Morgan fingerprint density at radius 1 is 1.50 bits per heavy atom. The molecule has 5 heteroatoms. The summed E-state index contributed by atoms with van der Waals surface area (Å²) in [5.74, 6) is 0. The van der Waals surface area contributed by atoms with Crippen LogP contribution < -0.4 is 4.90 Å². The molecule has 1 aromatic rings. The number of ether oxygens (including phenoxy) is 1. The molecule has 1 saturated heterocycles. The Balaban J connectivity index is 0.00000128. The van der Waals surface area contributed by atoms with Gasteiger partial charge in [-0.3, -0.25) is 0 Å². The molecule has 0 radical (unpaired) electrons. The van der Waals surface area contributed by atoms with E-state index in [-0.39, 0.29) is 29.6 Å². The van der Waals surface area contributed by atoms with Crippen LogP contribution >= 0.6 is 24.2 Å². The van der Waals surface area contributed by atoms with Crippen molar-refractivity contribution in [3.05, 3.63) is 23.2 Å². The Labute approximate surface area is 129 Å². The normalized spacial score (nSPS) is 19.7. The van der Waals surface area contributed by atoms with Crippen molar-refractivity contribution in [2.45, 2.75) is 17.4 Å². The summed E-state index contributed by atoms with van der Waals surface area (Å²) in [5, 5.41) is 0.734. The first kappa shape index (κ1) is 14.7. The fourth-order valence-electron chi connectivity index (χ4n) is 1.89. The summed E-state index contributed by atoms with van der Waals surface area (Å²) >= 11 is 10.5. The van der Waals surface area contributed by atoms with Gasteiger partial charge in [-0.25, -0.2) is 0 Å². The number of hydrogen-bond donors (Lipinski definition) is 1. The molecule has 1 aliphatic heterocycles. The number of nitrogens with zero attached hydrogens (tertiary/aromatic N) is 1. The van der Waals surface area contributed by atoms with Crippen LogP contribution in [0.1, 0.15) is 6.42 Å². The third kappa shape index (κ3) is 3.09. The maximum atomic E-state index is 6.21. The molecule has 2 rings (SSSR count). The van der Waals surface area contributed by atoms with Crippen LogP contribution in [-0.4, -0.2) is 55.9 Å². The van der Waals surface area contributed by atoms with Gasteiger partial charge in [-0.1, -0.05) is 17.7 Å². The zero-order valence-corrected chi connectivity index (χ0v) is 10.3. The number of rotatable bonds is 2. The topological polar surface area (TPSA) is 12.5 Å². The number of methoxy groups -OCH3 is 1. The van der Waals surface area contributed by atoms with Crippen molar-refractivity contribution in [2.24, 2.45) is 0 Å². The van der Waals surface area contributed by atoms with E-state index in [1.807, 2.05) is 18.2 Å². The summed E-state index contributed by atoms with van der Waals surface area (Å²) in [6.07, 6.45) is 1.38. The molecule has 0 spiro atoms. The Morgan fingerprint density at radius 2 is 2.25 bits per heavy atom. The summed E-state index contributed by atoms with van der Waals surface area (Å²) in [6, 6.07) is 5.91. The molecule has 1 atom stereocenters. The van der Waals surface area contributed by atoms with Crippen LogP contribution in [0.2, 0.25) is 5.02 Å². The summed E-state index contributed by atoms with van der Waals surface area (Å²) < 4.78 is 5.33. The molecule has 16 heavy (non-hydrogen) atoms. The molecule has 0 bridgehead atoms. The zero-order chi connectivity index (χ0) is 10.8. The van der Waals surface area contributed by atoms with Gasteiger partial charge in [-0.15, -0.1) is 12.6 Å². The van der Waals surface area contributed by atoms with Crippen molar-refractivity contribution < 1.29 is 4.74 Å². The molecule has 1 heterocycles. The quantitative estimate of drug-likeness (QED) is 0.652. The minimum absolute atomic E-state index is 0. The Bertz CT molecular complexity index is 364. The van der Waals surface area contributed by atoms with Gasteiger partial charge in [0.25, 0.3) is 0 Å². The molecule has 2 nitrogen and oxygen atoms in total. The van der Waals surface area contributed by atoms with E-state index in [9.17, 15) is 0 Å².